The predicted molar refractivity (Wildman–Crippen MR) is 72.1 cm³/mol. The van der Waals surface area contributed by atoms with Gasteiger partial charge in [-0.05, 0) is 20.8 Å². The van der Waals surface area contributed by atoms with Gasteiger partial charge in [0, 0.05) is 31.7 Å². The molecule has 100 valence electrons. The van der Waals surface area contributed by atoms with E-state index in [1.54, 1.807) is 22.4 Å². The molecule has 1 aromatic rings. The van der Waals surface area contributed by atoms with Crippen LogP contribution in [0.2, 0.25) is 0 Å². The third-order valence-corrected chi connectivity index (χ3v) is 3.64. The van der Waals surface area contributed by atoms with Gasteiger partial charge in [-0.15, -0.1) is 11.3 Å². The van der Waals surface area contributed by atoms with Crippen molar-refractivity contribution in [2.75, 3.05) is 25.0 Å². The van der Waals surface area contributed by atoms with Crippen LogP contribution < -0.4 is 4.90 Å². The van der Waals surface area contributed by atoms with Crippen LogP contribution in [0.25, 0.3) is 0 Å². The number of hydrogen-bond donors (Lipinski definition) is 0. The minimum absolute atomic E-state index is 0.230. The summed E-state index contributed by atoms with van der Waals surface area (Å²) in [6.07, 6.45) is 1.56. The molecule has 1 fully saturated rings. The largest absolute Gasteiger partial charge is 0.444 e. The van der Waals surface area contributed by atoms with E-state index in [0.717, 1.165) is 5.13 Å². The van der Waals surface area contributed by atoms with Gasteiger partial charge in [0.25, 0.3) is 0 Å². The molecule has 0 N–H and O–H groups in total. The molecule has 0 radical (unpaired) electrons. The van der Waals surface area contributed by atoms with Gasteiger partial charge in [0.15, 0.2) is 5.13 Å². The van der Waals surface area contributed by atoms with Crippen molar-refractivity contribution in [3.63, 3.8) is 0 Å². The average Bonchev–Trinajstić information content (AvgIpc) is 2.63. The summed E-state index contributed by atoms with van der Waals surface area (Å²) in [6.45, 7) is 7.04. The van der Waals surface area contributed by atoms with Gasteiger partial charge in [0.2, 0.25) is 0 Å². The van der Waals surface area contributed by atoms with Crippen molar-refractivity contribution in [3.8, 4) is 0 Å². The summed E-state index contributed by atoms with van der Waals surface area (Å²) >= 11 is 1.61. The van der Waals surface area contributed by atoms with Crippen molar-refractivity contribution in [1.29, 1.82) is 0 Å². The van der Waals surface area contributed by atoms with Crippen molar-refractivity contribution in [1.82, 2.24) is 9.88 Å². The van der Waals surface area contributed by atoms with Gasteiger partial charge in [-0.1, -0.05) is 0 Å². The quantitative estimate of drug-likeness (QED) is 0.825. The second-order valence-electron chi connectivity index (χ2n) is 5.46. The van der Waals surface area contributed by atoms with Crippen LogP contribution in [0.4, 0.5) is 9.93 Å². The van der Waals surface area contributed by atoms with Crippen molar-refractivity contribution < 1.29 is 9.53 Å². The van der Waals surface area contributed by atoms with Gasteiger partial charge in [0.05, 0.1) is 6.04 Å². The lowest BCUT2D eigenvalue weighted by Crippen LogP contribution is -2.61. The van der Waals surface area contributed by atoms with Gasteiger partial charge in [0.1, 0.15) is 5.60 Å². The lowest BCUT2D eigenvalue weighted by atomic mass is 10.1. The van der Waals surface area contributed by atoms with Crippen LogP contribution in [0.15, 0.2) is 11.6 Å². The van der Waals surface area contributed by atoms with E-state index in [1.807, 2.05) is 33.2 Å². The molecule has 0 spiro atoms. The summed E-state index contributed by atoms with van der Waals surface area (Å²) in [7, 11) is 2.01. The molecule has 0 saturated carbocycles. The van der Waals surface area contributed by atoms with Crippen LogP contribution in [0.1, 0.15) is 20.8 Å². The number of carbonyl (C=O) groups excluding carboxylic acids is 1. The van der Waals surface area contributed by atoms with Crippen molar-refractivity contribution >= 4 is 22.6 Å². The molecule has 1 aliphatic rings. The topological polar surface area (TPSA) is 45.7 Å². The van der Waals surface area contributed by atoms with E-state index >= 15 is 0 Å². The van der Waals surface area contributed by atoms with E-state index in [-0.39, 0.29) is 6.09 Å². The molecule has 1 saturated heterocycles. The van der Waals surface area contributed by atoms with Crippen LogP contribution in [0.5, 0.6) is 0 Å². The Bertz CT molecular complexity index is 407. The van der Waals surface area contributed by atoms with Crippen LogP contribution in [-0.2, 0) is 4.74 Å². The van der Waals surface area contributed by atoms with Crippen LogP contribution in [-0.4, -0.2) is 47.8 Å². The fourth-order valence-electron chi connectivity index (χ4n) is 1.72. The number of amides is 1. The summed E-state index contributed by atoms with van der Waals surface area (Å²) in [5, 5.41) is 2.94. The second kappa shape index (κ2) is 4.76. The Kier molecular flexibility index (Phi) is 3.47. The number of aromatic nitrogens is 1. The van der Waals surface area contributed by atoms with Crippen LogP contribution in [0.3, 0.4) is 0 Å². The molecule has 0 aromatic carbocycles. The number of hydrogen-bond acceptors (Lipinski definition) is 5. The molecule has 1 amide bonds. The van der Waals surface area contributed by atoms with Gasteiger partial charge in [-0.25, -0.2) is 9.78 Å². The first-order chi connectivity index (χ1) is 8.37. The Balaban J connectivity index is 1.82. The highest BCUT2D eigenvalue weighted by molar-refractivity contribution is 7.13. The van der Waals surface area contributed by atoms with E-state index in [2.05, 4.69) is 9.88 Å². The highest BCUT2D eigenvalue weighted by Crippen LogP contribution is 2.24. The molecule has 5 nitrogen and oxygen atoms in total. The zero-order valence-corrected chi connectivity index (χ0v) is 12.0. The predicted octanol–water partition coefficient (Wildman–Crippen LogP) is 2.20. The minimum atomic E-state index is -0.427. The van der Waals surface area contributed by atoms with E-state index < -0.39 is 5.60 Å². The fraction of sp³-hybridized carbons (Fsp3) is 0.667. The number of likely N-dealkylation sites (tertiary alicyclic amines) is 1. The number of thiazole rings is 1. The highest BCUT2D eigenvalue weighted by atomic mass is 32.1. The number of carbonyl (C=O) groups is 1. The molecule has 1 aromatic heterocycles. The SMILES string of the molecule is CN(c1nccs1)C1CN(C(=O)OC(C)(C)C)C1. The maximum Gasteiger partial charge on any atom is 0.410 e. The van der Waals surface area contributed by atoms with Gasteiger partial charge in [-0.2, -0.15) is 0 Å². The lowest BCUT2D eigenvalue weighted by molar-refractivity contribution is 0.00852. The van der Waals surface area contributed by atoms with Gasteiger partial charge < -0.3 is 14.5 Å². The van der Waals surface area contributed by atoms with E-state index in [4.69, 9.17) is 4.74 Å². The summed E-state index contributed by atoms with van der Waals surface area (Å²) in [4.78, 5) is 19.9. The second-order valence-corrected chi connectivity index (χ2v) is 6.34. The van der Waals surface area contributed by atoms with Crippen molar-refractivity contribution in [2.24, 2.45) is 0 Å². The smallest absolute Gasteiger partial charge is 0.410 e. The normalized spacial score (nSPS) is 16.3. The molecule has 2 heterocycles. The van der Waals surface area contributed by atoms with E-state index in [9.17, 15) is 4.79 Å². The summed E-state index contributed by atoms with van der Waals surface area (Å²) < 4.78 is 5.32. The Hall–Kier alpha value is -1.30. The highest BCUT2D eigenvalue weighted by Gasteiger charge is 2.36. The molecular weight excluding hydrogens is 250 g/mol. The Labute approximate surface area is 111 Å². The fourth-order valence-corrected chi connectivity index (χ4v) is 2.40. The standard InChI is InChI=1S/C12H19N3O2S/c1-12(2,3)17-11(16)15-7-9(8-15)14(4)10-13-5-6-18-10/h5-6,9H,7-8H2,1-4H3. The van der Waals surface area contributed by atoms with Crippen molar-refractivity contribution in [2.45, 2.75) is 32.4 Å². The first kappa shape index (κ1) is 13.1. The summed E-state index contributed by atoms with van der Waals surface area (Å²) in [6, 6.07) is 0.337. The number of rotatable bonds is 2. The summed E-state index contributed by atoms with van der Waals surface area (Å²) in [5.41, 5.74) is -0.427. The maximum absolute atomic E-state index is 11.8. The molecule has 2 rings (SSSR count). The number of ether oxygens (including phenoxy) is 1. The molecule has 18 heavy (non-hydrogen) atoms. The zero-order chi connectivity index (χ0) is 13.3. The third-order valence-electron chi connectivity index (χ3n) is 2.78. The molecule has 1 aliphatic heterocycles. The molecule has 0 atom stereocenters. The lowest BCUT2D eigenvalue weighted by Gasteiger charge is -2.43. The molecule has 0 unspecified atom stereocenters. The summed E-state index contributed by atoms with van der Waals surface area (Å²) in [5.74, 6) is 0. The first-order valence-corrected chi connectivity index (χ1v) is 6.85. The Morgan fingerprint density at radius 2 is 2.22 bits per heavy atom. The Morgan fingerprint density at radius 1 is 1.56 bits per heavy atom. The van der Waals surface area contributed by atoms with Gasteiger partial charge >= 0.3 is 6.09 Å². The van der Waals surface area contributed by atoms with Crippen LogP contribution in [0, 0.1) is 0 Å². The number of likely N-dealkylation sites (N-methyl/N-ethyl adjacent to an activating group) is 1. The molecule has 6 heteroatoms. The monoisotopic (exact) mass is 269 g/mol. The zero-order valence-electron chi connectivity index (χ0n) is 11.2. The Morgan fingerprint density at radius 3 is 2.72 bits per heavy atom. The molecule has 0 aliphatic carbocycles. The average molecular weight is 269 g/mol. The van der Waals surface area contributed by atoms with Gasteiger partial charge in [-0.3, -0.25) is 0 Å². The van der Waals surface area contributed by atoms with E-state index in [1.165, 1.54) is 0 Å². The number of nitrogens with zero attached hydrogens (tertiary/aromatic N) is 3. The third kappa shape index (κ3) is 2.93. The maximum atomic E-state index is 11.8. The number of anilines is 1. The first-order valence-electron chi connectivity index (χ1n) is 5.97. The van der Waals surface area contributed by atoms with Crippen LogP contribution >= 0.6 is 11.3 Å². The molecule has 0 bridgehead atoms. The van der Waals surface area contributed by atoms with E-state index in [0.29, 0.717) is 19.1 Å². The van der Waals surface area contributed by atoms with Crippen molar-refractivity contribution in [3.05, 3.63) is 11.6 Å². The molecular formula is C12H19N3O2S. The minimum Gasteiger partial charge on any atom is -0.444 e.